The zero-order valence-corrected chi connectivity index (χ0v) is 7.29. The highest BCUT2D eigenvalue weighted by atomic mass is 16.3. The first kappa shape index (κ1) is 8.94. The maximum absolute atomic E-state index is 10.9. The lowest BCUT2D eigenvalue weighted by atomic mass is 10.0. The molecule has 0 spiro atoms. The van der Waals surface area contributed by atoms with E-state index >= 15 is 0 Å². The Bertz CT molecular complexity index is 303. The van der Waals surface area contributed by atoms with Crippen molar-refractivity contribution in [1.29, 1.82) is 0 Å². The third kappa shape index (κ3) is 1.71. The molecule has 0 saturated carbocycles. The van der Waals surface area contributed by atoms with Crippen molar-refractivity contribution in [1.82, 2.24) is 0 Å². The van der Waals surface area contributed by atoms with Gasteiger partial charge in [0.05, 0.1) is 6.61 Å². The summed E-state index contributed by atoms with van der Waals surface area (Å²) in [7, 11) is 0. The molecule has 12 heavy (non-hydrogen) atoms. The Labute approximate surface area is 71.8 Å². The number of Topliss-reactive ketones (excluding diaryl/α,β-unsaturated/α-hetero) is 1. The van der Waals surface area contributed by atoms with Crippen LogP contribution in [0.4, 0.5) is 0 Å². The van der Waals surface area contributed by atoms with Gasteiger partial charge in [-0.05, 0) is 31.0 Å². The lowest BCUT2D eigenvalue weighted by molar-refractivity contribution is 0.101. The van der Waals surface area contributed by atoms with Crippen LogP contribution in [-0.2, 0) is 6.61 Å². The minimum Gasteiger partial charge on any atom is -0.392 e. The summed E-state index contributed by atoms with van der Waals surface area (Å²) in [5, 5.41) is 8.86. The van der Waals surface area contributed by atoms with Crippen LogP contribution in [0.5, 0.6) is 0 Å². The monoisotopic (exact) mass is 164 g/mol. The first-order chi connectivity index (χ1) is 5.65. The summed E-state index contributed by atoms with van der Waals surface area (Å²) >= 11 is 0. The second-order valence-corrected chi connectivity index (χ2v) is 2.86. The van der Waals surface area contributed by atoms with Gasteiger partial charge in [-0.15, -0.1) is 0 Å². The average molecular weight is 164 g/mol. The molecular formula is C10H12O2. The second kappa shape index (κ2) is 3.50. The van der Waals surface area contributed by atoms with Crippen molar-refractivity contribution >= 4 is 5.78 Å². The molecule has 0 unspecified atom stereocenters. The molecule has 0 aromatic heterocycles. The lowest BCUT2D eigenvalue weighted by Gasteiger charge is -2.03. The maximum atomic E-state index is 10.9. The van der Waals surface area contributed by atoms with Gasteiger partial charge < -0.3 is 5.11 Å². The highest BCUT2D eigenvalue weighted by Gasteiger charge is 2.01. The van der Waals surface area contributed by atoms with Crippen molar-refractivity contribution in [2.24, 2.45) is 0 Å². The molecule has 0 aliphatic carbocycles. The molecule has 0 saturated heterocycles. The van der Waals surface area contributed by atoms with E-state index in [-0.39, 0.29) is 12.4 Å². The quantitative estimate of drug-likeness (QED) is 0.675. The van der Waals surface area contributed by atoms with Crippen molar-refractivity contribution in [2.75, 3.05) is 0 Å². The van der Waals surface area contributed by atoms with Gasteiger partial charge in [0.15, 0.2) is 5.78 Å². The summed E-state index contributed by atoms with van der Waals surface area (Å²) in [5.74, 6) is 0.0580. The first-order valence-corrected chi connectivity index (χ1v) is 3.86. The Morgan fingerprint density at radius 3 is 2.58 bits per heavy atom. The standard InChI is InChI=1S/C10H12O2/c1-7-5-9(8(2)12)3-4-10(7)6-11/h3-5,11H,6H2,1-2H3. The van der Waals surface area contributed by atoms with E-state index in [4.69, 9.17) is 5.11 Å². The van der Waals surface area contributed by atoms with Gasteiger partial charge in [0, 0.05) is 5.56 Å². The Morgan fingerprint density at radius 1 is 1.50 bits per heavy atom. The zero-order chi connectivity index (χ0) is 9.14. The molecule has 0 bridgehead atoms. The van der Waals surface area contributed by atoms with E-state index in [9.17, 15) is 4.79 Å². The number of carbonyl (C=O) groups is 1. The van der Waals surface area contributed by atoms with E-state index in [2.05, 4.69) is 0 Å². The number of aryl methyl sites for hydroxylation is 1. The third-order valence-corrected chi connectivity index (χ3v) is 1.92. The molecule has 0 aliphatic heterocycles. The number of benzene rings is 1. The Kier molecular flexibility index (Phi) is 2.61. The molecule has 1 rings (SSSR count). The SMILES string of the molecule is CC(=O)c1ccc(CO)c(C)c1. The molecule has 0 fully saturated rings. The molecular weight excluding hydrogens is 152 g/mol. The summed E-state index contributed by atoms with van der Waals surface area (Å²) in [6.45, 7) is 3.45. The molecule has 1 N–H and O–H groups in total. The normalized spacial score (nSPS) is 9.92. The van der Waals surface area contributed by atoms with Crippen LogP contribution >= 0.6 is 0 Å². The predicted octanol–water partition coefficient (Wildman–Crippen LogP) is 1.69. The Balaban J connectivity index is 3.10. The van der Waals surface area contributed by atoms with Gasteiger partial charge in [-0.2, -0.15) is 0 Å². The van der Waals surface area contributed by atoms with Crippen LogP contribution in [0.3, 0.4) is 0 Å². The van der Waals surface area contributed by atoms with E-state index in [1.165, 1.54) is 6.92 Å². The molecule has 0 atom stereocenters. The minimum absolute atomic E-state index is 0.0318. The second-order valence-electron chi connectivity index (χ2n) is 2.86. The van der Waals surface area contributed by atoms with Crippen LogP contribution in [0.15, 0.2) is 18.2 Å². The fourth-order valence-electron chi connectivity index (χ4n) is 1.09. The Hall–Kier alpha value is -1.15. The smallest absolute Gasteiger partial charge is 0.159 e. The lowest BCUT2D eigenvalue weighted by Crippen LogP contribution is -1.95. The molecule has 2 heteroatoms. The first-order valence-electron chi connectivity index (χ1n) is 3.86. The third-order valence-electron chi connectivity index (χ3n) is 1.92. The molecule has 0 radical (unpaired) electrons. The number of aliphatic hydroxyl groups excluding tert-OH is 1. The number of ketones is 1. The largest absolute Gasteiger partial charge is 0.392 e. The van der Waals surface area contributed by atoms with Crippen molar-refractivity contribution in [3.63, 3.8) is 0 Å². The van der Waals surface area contributed by atoms with Crippen LogP contribution in [0.1, 0.15) is 28.4 Å². The van der Waals surface area contributed by atoms with Crippen LogP contribution in [0, 0.1) is 6.92 Å². The summed E-state index contributed by atoms with van der Waals surface area (Å²) in [6, 6.07) is 5.32. The Morgan fingerprint density at radius 2 is 2.17 bits per heavy atom. The molecule has 64 valence electrons. The molecule has 0 heterocycles. The van der Waals surface area contributed by atoms with Crippen molar-refractivity contribution < 1.29 is 9.90 Å². The molecule has 1 aromatic carbocycles. The van der Waals surface area contributed by atoms with Crippen LogP contribution in [0.25, 0.3) is 0 Å². The van der Waals surface area contributed by atoms with Crippen molar-refractivity contribution in [3.8, 4) is 0 Å². The fraction of sp³-hybridized carbons (Fsp3) is 0.300. The zero-order valence-electron chi connectivity index (χ0n) is 7.29. The molecule has 2 nitrogen and oxygen atoms in total. The van der Waals surface area contributed by atoms with Gasteiger partial charge in [0.25, 0.3) is 0 Å². The van der Waals surface area contributed by atoms with Gasteiger partial charge in [0.1, 0.15) is 0 Å². The van der Waals surface area contributed by atoms with E-state index in [1.807, 2.05) is 6.92 Å². The van der Waals surface area contributed by atoms with Gasteiger partial charge >= 0.3 is 0 Å². The predicted molar refractivity (Wildman–Crippen MR) is 47.1 cm³/mol. The highest BCUT2D eigenvalue weighted by Crippen LogP contribution is 2.11. The minimum atomic E-state index is 0.0318. The number of hydrogen-bond donors (Lipinski definition) is 1. The maximum Gasteiger partial charge on any atom is 0.159 e. The van der Waals surface area contributed by atoms with Gasteiger partial charge in [-0.3, -0.25) is 4.79 Å². The highest BCUT2D eigenvalue weighted by molar-refractivity contribution is 5.94. The van der Waals surface area contributed by atoms with Crippen molar-refractivity contribution in [3.05, 3.63) is 34.9 Å². The van der Waals surface area contributed by atoms with Crippen LogP contribution in [-0.4, -0.2) is 10.9 Å². The van der Waals surface area contributed by atoms with E-state index in [1.54, 1.807) is 18.2 Å². The average Bonchev–Trinajstić information content (AvgIpc) is 2.04. The van der Waals surface area contributed by atoms with Crippen LogP contribution in [0.2, 0.25) is 0 Å². The molecule has 0 amide bonds. The summed E-state index contributed by atoms with van der Waals surface area (Å²) < 4.78 is 0. The van der Waals surface area contributed by atoms with Crippen molar-refractivity contribution in [2.45, 2.75) is 20.5 Å². The molecule has 1 aromatic rings. The summed E-state index contributed by atoms with van der Waals surface area (Å²) in [4.78, 5) is 10.9. The molecule has 0 aliphatic rings. The number of rotatable bonds is 2. The topological polar surface area (TPSA) is 37.3 Å². The van der Waals surface area contributed by atoms with Gasteiger partial charge in [-0.25, -0.2) is 0 Å². The van der Waals surface area contributed by atoms with Gasteiger partial charge in [-0.1, -0.05) is 12.1 Å². The van der Waals surface area contributed by atoms with Crippen LogP contribution < -0.4 is 0 Å². The number of hydrogen-bond acceptors (Lipinski definition) is 2. The van der Waals surface area contributed by atoms with E-state index < -0.39 is 0 Å². The van der Waals surface area contributed by atoms with Gasteiger partial charge in [0.2, 0.25) is 0 Å². The fourth-order valence-corrected chi connectivity index (χ4v) is 1.09. The summed E-state index contributed by atoms with van der Waals surface area (Å²) in [6.07, 6.45) is 0. The van der Waals surface area contributed by atoms with E-state index in [0.29, 0.717) is 5.56 Å². The van der Waals surface area contributed by atoms with E-state index in [0.717, 1.165) is 11.1 Å². The number of aliphatic hydroxyl groups is 1. The number of carbonyl (C=O) groups excluding carboxylic acids is 1. The summed E-state index contributed by atoms with van der Waals surface area (Å²) in [5.41, 5.74) is 2.54.